The van der Waals surface area contributed by atoms with Gasteiger partial charge in [-0.05, 0) is 55.5 Å². The number of sulfone groups is 1. The molecule has 3 N–H and O–H groups in total. The first-order chi connectivity index (χ1) is 19.8. The first kappa shape index (κ1) is 36.5. The van der Waals surface area contributed by atoms with E-state index in [-0.39, 0.29) is 5.75 Å². The first-order valence-electron chi connectivity index (χ1n) is 13.9. The van der Waals surface area contributed by atoms with Gasteiger partial charge in [0.05, 0.1) is 5.75 Å². The van der Waals surface area contributed by atoms with Gasteiger partial charge in [-0.2, -0.15) is 26.3 Å². The van der Waals surface area contributed by atoms with Crippen molar-refractivity contribution < 1.29 is 54.6 Å². The van der Waals surface area contributed by atoms with E-state index in [0.29, 0.717) is 23.3 Å². The second-order valence-electron chi connectivity index (χ2n) is 11.1. The number of carboxylic acid groups (broad SMARTS) is 2. The average Bonchev–Trinajstić information content (AvgIpc) is 3.63. The summed E-state index contributed by atoms with van der Waals surface area (Å²) in [5.41, 5.74) is 3.43. The fourth-order valence-corrected chi connectivity index (χ4v) is 6.26. The molecular formula is C28H38F6N2O6S. The van der Waals surface area contributed by atoms with Crippen molar-refractivity contribution >= 4 is 27.9 Å². The van der Waals surface area contributed by atoms with Crippen LogP contribution in [0, 0.1) is 11.3 Å². The molecule has 0 radical (unpaired) electrons. The number of aliphatic carboxylic acids is 2. The normalized spacial score (nSPS) is 21.8. The van der Waals surface area contributed by atoms with E-state index in [4.69, 9.17) is 19.8 Å². The second kappa shape index (κ2) is 14.9. The number of hydrogen-bond acceptors (Lipinski definition) is 6. The predicted octanol–water partition coefficient (Wildman–Crippen LogP) is 5.01. The maximum absolute atomic E-state index is 11.6. The molecule has 1 saturated heterocycles. The second-order valence-corrected chi connectivity index (χ2v) is 13.6. The lowest BCUT2D eigenvalue weighted by Gasteiger charge is -2.59. The van der Waals surface area contributed by atoms with Gasteiger partial charge in [-0.15, -0.1) is 0 Å². The predicted molar refractivity (Wildman–Crippen MR) is 148 cm³/mol. The molecule has 3 aliphatic rings. The van der Waals surface area contributed by atoms with Gasteiger partial charge in [0.2, 0.25) is 0 Å². The van der Waals surface area contributed by atoms with Gasteiger partial charge in [-0.3, -0.25) is 0 Å². The Morgan fingerprint density at radius 2 is 1.51 bits per heavy atom. The monoisotopic (exact) mass is 644 g/mol. The number of likely N-dealkylation sites (tertiary alicyclic amines) is 1. The number of nitrogens with one attached hydrogen (secondary N) is 1. The molecule has 0 aromatic heterocycles. The van der Waals surface area contributed by atoms with Crippen LogP contribution in [0.3, 0.4) is 0 Å². The van der Waals surface area contributed by atoms with Crippen LogP contribution < -0.4 is 5.32 Å². The van der Waals surface area contributed by atoms with E-state index in [1.54, 1.807) is 12.5 Å². The van der Waals surface area contributed by atoms with Crippen LogP contribution >= 0.6 is 0 Å². The summed E-state index contributed by atoms with van der Waals surface area (Å²) in [6.45, 7) is 7.28. The molecule has 1 spiro atoms. The lowest BCUT2D eigenvalue weighted by atomic mass is 9.60. The van der Waals surface area contributed by atoms with E-state index in [2.05, 4.69) is 53.5 Å². The lowest BCUT2D eigenvalue weighted by Crippen LogP contribution is -2.66. The molecule has 1 aromatic carbocycles. The Morgan fingerprint density at radius 1 is 1.00 bits per heavy atom. The van der Waals surface area contributed by atoms with Gasteiger partial charge in [0.1, 0.15) is 9.84 Å². The number of nitrogens with zero attached hydrogens (tertiary/aromatic N) is 1. The summed E-state index contributed by atoms with van der Waals surface area (Å²) >= 11 is 0. The Hall–Kier alpha value is -2.65. The summed E-state index contributed by atoms with van der Waals surface area (Å²) in [5.74, 6) is -4.18. The van der Waals surface area contributed by atoms with Crippen molar-refractivity contribution in [2.45, 2.75) is 70.4 Å². The van der Waals surface area contributed by atoms with E-state index in [0.717, 1.165) is 25.3 Å². The van der Waals surface area contributed by atoms with Crippen LogP contribution in [0.1, 0.15) is 51.5 Å². The minimum absolute atomic E-state index is 0.271. The molecule has 15 heteroatoms. The van der Waals surface area contributed by atoms with Crippen LogP contribution in [0.15, 0.2) is 35.9 Å². The molecule has 1 aromatic rings. The zero-order valence-corrected chi connectivity index (χ0v) is 24.7. The van der Waals surface area contributed by atoms with Gasteiger partial charge in [0, 0.05) is 30.9 Å². The highest BCUT2D eigenvalue weighted by Gasteiger charge is 2.53. The number of alkyl halides is 6. The SMILES string of the molecule is CC/C(=C\c1ccccc1)[C@H]1C[C@@H]1NC1CC2(C1)CN(CCCS(=O)(=O)CC)C2.O=C(O)C(F)(F)F.O=C(O)C(F)(F)F. The van der Waals surface area contributed by atoms with E-state index in [1.807, 2.05) is 0 Å². The Morgan fingerprint density at radius 3 is 1.95 bits per heavy atom. The molecule has 1 heterocycles. The van der Waals surface area contributed by atoms with Crippen LogP contribution in [0.25, 0.3) is 6.08 Å². The molecule has 0 unspecified atom stereocenters. The van der Waals surface area contributed by atoms with Crippen LogP contribution in [0.5, 0.6) is 0 Å². The number of carbonyl (C=O) groups is 2. The fourth-order valence-electron chi connectivity index (χ4n) is 5.40. The quantitative estimate of drug-likeness (QED) is 0.304. The molecule has 2 saturated carbocycles. The first-order valence-corrected chi connectivity index (χ1v) is 15.7. The van der Waals surface area contributed by atoms with Crippen molar-refractivity contribution in [2.24, 2.45) is 11.3 Å². The number of carboxylic acids is 2. The largest absolute Gasteiger partial charge is 0.490 e. The highest BCUT2D eigenvalue weighted by atomic mass is 32.2. The summed E-state index contributed by atoms with van der Waals surface area (Å²) in [7, 11) is -2.81. The molecule has 43 heavy (non-hydrogen) atoms. The molecule has 2 atom stereocenters. The summed E-state index contributed by atoms with van der Waals surface area (Å²) in [6.07, 6.45) is -1.99. The smallest absolute Gasteiger partial charge is 0.475 e. The molecule has 8 nitrogen and oxygen atoms in total. The summed E-state index contributed by atoms with van der Waals surface area (Å²) in [5, 5.41) is 18.2. The Kier molecular flexibility index (Phi) is 12.7. The number of halogens is 6. The van der Waals surface area contributed by atoms with Crippen LogP contribution in [-0.4, -0.2) is 91.0 Å². The molecule has 2 aliphatic carbocycles. The zero-order valence-electron chi connectivity index (χ0n) is 23.9. The standard InChI is InChI=1S/C24H36N2O2S.2C2HF3O2/c1-3-20(13-19-9-6-5-7-10-19)22-14-23(22)25-21-15-24(16-21)17-26(18-24)11-8-12-29(27,28)4-2;2*3-2(4,5)1(6)7/h5-7,9-10,13,21-23,25H,3-4,8,11-12,14-18H2,1-2H3;2*(H,6,7)/b20-13+;;/t22-,23+;;/m1../s1. The lowest BCUT2D eigenvalue weighted by molar-refractivity contribution is -0.193. The van der Waals surface area contributed by atoms with Gasteiger partial charge < -0.3 is 20.4 Å². The summed E-state index contributed by atoms with van der Waals surface area (Å²) < 4.78 is 86.7. The van der Waals surface area contributed by atoms with Crippen LogP contribution in [0.2, 0.25) is 0 Å². The summed E-state index contributed by atoms with van der Waals surface area (Å²) in [4.78, 5) is 20.2. The Bertz CT molecular complexity index is 1180. The van der Waals surface area contributed by atoms with Gasteiger partial charge >= 0.3 is 24.3 Å². The van der Waals surface area contributed by atoms with Crippen LogP contribution in [0.4, 0.5) is 26.3 Å². The van der Waals surface area contributed by atoms with Crippen molar-refractivity contribution in [3.63, 3.8) is 0 Å². The van der Waals surface area contributed by atoms with Gasteiger partial charge in [0.25, 0.3) is 0 Å². The molecule has 0 amide bonds. The fraction of sp³-hybridized carbons (Fsp3) is 0.643. The number of rotatable bonds is 10. The van der Waals surface area contributed by atoms with Crippen LogP contribution in [-0.2, 0) is 19.4 Å². The minimum atomic E-state index is -5.08. The summed E-state index contributed by atoms with van der Waals surface area (Å²) in [6, 6.07) is 12.0. The average molecular weight is 645 g/mol. The zero-order chi connectivity index (χ0) is 32.6. The number of hydrogen-bond donors (Lipinski definition) is 3. The third-order valence-corrected chi connectivity index (χ3v) is 9.40. The Balaban J connectivity index is 0.000000384. The van der Waals surface area contributed by atoms with E-state index < -0.39 is 34.1 Å². The maximum Gasteiger partial charge on any atom is 0.490 e. The van der Waals surface area contributed by atoms with Gasteiger partial charge in [0.15, 0.2) is 0 Å². The van der Waals surface area contributed by atoms with Gasteiger partial charge in [-0.1, -0.05) is 55.8 Å². The van der Waals surface area contributed by atoms with E-state index in [1.165, 1.54) is 37.9 Å². The van der Waals surface area contributed by atoms with E-state index in [9.17, 15) is 34.8 Å². The van der Waals surface area contributed by atoms with E-state index >= 15 is 0 Å². The topological polar surface area (TPSA) is 124 Å². The Labute approximate surface area is 247 Å². The van der Waals surface area contributed by atoms with Crippen molar-refractivity contribution in [3.05, 3.63) is 41.5 Å². The molecule has 1 aliphatic heterocycles. The minimum Gasteiger partial charge on any atom is -0.475 e. The molecule has 4 rings (SSSR count). The molecule has 0 bridgehead atoms. The van der Waals surface area contributed by atoms with Crippen molar-refractivity contribution in [1.29, 1.82) is 0 Å². The number of benzene rings is 1. The van der Waals surface area contributed by atoms with Crippen molar-refractivity contribution in [2.75, 3.05) is 31.1 Å². The van der Waals surface area contributed by atoms with Crippen molar-refractivity contribution in [3.8, 4) is 0 Å². The highest BCUT2D eigenvalue weighted by molar-refractivity contribution is 7.91. The molecular weight excluding hydrogens is 606 g/mol. The van der Waals surface area contributed by atoms with Gasteiger partial charge in [-0.25, -0.2) is 18.0 Å². The highest BCUT2D eigenvalue weighted by Crippen LogP contribution is 2.50. The third-order valence-electron chi connectivity index (χ3n) is 7.61. The third kappa shape index (κ3) is 12.1. The molecule has 3 fully saturated rings. The maximum atomic E-state index is 11.6. The van der Waals surface area contributed by atoms with Crippen molar-refractivity contribution in [1.82, 2.24) is 10.2 Å². The molecule has 244 valence electrons.